The van der Waals surface area contributed by atoms with E-state index in [0.29, 0.717) is 26.4 Å². The van der Waals surface area contributed by atoms with Crippen molar-refractivity contribution in [2.45, 2.75) is 19.9 Å². The molecule has 1 aliphatic heterocycles. The van der Waals surface area contributed by atoms with E-state index in [0.717, 1.165) is 26.7 Å². The van der Waals surface area contributed by atoms with Gasteiger partial charge in [-0.2, -0.15) is 0 Å². The minimum absolute atomic E-state index is 0.201. The second-order valence-electron chi connectivity index (χ2n) is 8.71. The summed E-state index contributed by atoms with van der Waals surface area (Å²) in [5, 5.41) is 0. The van der Waals surface area contributed by atoms with E-state index in [2.05, 4.69) is 15.9 Å². The summed E-state index contributed by atoms with van der Waals surface area (Å²) in [5.74, 6) is 0.170. The van der Waals surface area contributed by atoms with Gasteiger partial charge in [-0.05, 0) is 54.8 Å². The lowest BCUT2D eigenvalue weighted by Crippen LogP contribution is -2.40. The standard InChI is InChI=1S/C30H25BrN2O4S/c1-4-37-29(35)25-26(20-8-6-5-7-9-20)32-30-33(27(25)21-12-14-22(36-3)15-13-21)28(34)24(38-30)17-19-11-10-18(2)23(31)16-19/h5-17,27H,4H2,1-3H3/b24-17-/t27-/m1/s1. The van der Waals surface area contributed by atoms with E-state index < -0.39 is 12.0 Å². The first-order valence-corrected chi connectivity index (χ1v) is 13.7. The first kappa shape index (κ1) is 25.9. The summed E-state index contributed by atoms with van der Waals surface area (Å²) in [6, 6.07) is 22.1. The Morgan fingerprint density at radius 2 is 1.84 bits per heavy atom. The maximum absolute atomic E-state index is 13.9. The molecule has 1 atom stereocenters. The fourth-order valence-electron chi connectivity index (χ4n) is 4.39. The van der Waals surface area contributed by atoms with Crippen LogP contribution < -0.4 is 19.6 Å². The lowest BCUT2D eigenvalue weighted by atomic mass is 9.93. The molecule has 2 heterocycles. The summed E-state index contributed by atoms with van der Waals surface area (Å²) < 4.78 is 13.9. The van der Waals surface area contributed by atoms with Gasteiger partial charge >= 0.3 is 5.97 Å². The molecule has 0 fully saturated rings. The maximum Gasteiger partial charge on any atom is 0.338 e. The Morgan fingerprint density at radius 3 is 2.50 bits per heavy atom. The van der Waals surface area contributed by atoms with Gasteiger partial charge < -0.3 is 9.47 Å². The number of carbonyl (C=O) groups is 1. The highest BCUT2D eigenvalue weighted by atomic mass is 79.9. The molecule has 0 radical (unpaired) electrons. The molecule has 0 spiro atoms. The summed E-state index contributed by atoms with van der Waals surface area (Å²) in [5.41, 5.74) is 4.12. The van der Waals surface area contributed by atoms with Crippen molar-refractivity contribution < 1.29 is 14.3 Å². The minimum Gasteiger partial charge on any atom is -0.497 e. The molecule has 38 heavy (non-hydrogen) atoms. The summed E-state index contributed by atoms with van der Waals surface area (Å²) in [6.07, 6.45) is 1.86. The molecule has 4 aromatic rings. The first-order valence-electron chi connectivity index (χ1n) is 12.1. The number of methoxy groups -OCH3 is 1. The van der Waals surface area contributed by atoms with Gasteiger partial charge in [0.1, 0.15) is 5.75 Å². The topological polar surface area (TPSA) is 69.9 Å². The van der Waals surface area contributed by atoms with Crippen LogP contribution in [0.2, 0.25) is 0 Å². The lowest BCUT2D eigenvalue weighted by molar-refractivity contribution is -0.138. The maximum atomic E-state index is 13.9. The number of hydrogen-bond donors (Lipinski definition) is 0. The van der Waals surface area contributed by atoms with E-state index in [4.69, 9.17) is 14.5 Å². The van der Waals surface area contributed by atoms with Crippen molar-refractivity contribution in [1.82, 2.24) is 4.57 Å². The monoisotopic (exact) mass is 588 g/mol. The van der Waals surface area contributed by atoms with E-state index in [-0.39, 0.29) is 12.2 Å². The van der Waals surface area contributed by atoms with Crippen LogP contribution in [0.4, 0.5) is 0 Å². The van der Waals surface area contributed by atoms with Crippen LogP contribution in [0.5, 0.6) is 5.75 Å². The molecule has 6 nitrogen and oxygen atoms in total. The zero-order valence-corrected chi connectivity index (χ0v) is 23.5. The van der Waals surface area contributed by atoms with Crippen LogP contribution in [0.3, 0.4) is 0 Å². The van der Waals surface area contributed by atoms with Crippen LogP contribution in [0.25, 0.3) is 11.8 Å². The smallest absolute Gasteiger partial charge is 0.338 e. The Morgan fingerprint density at radius 1 is 1.11 bits per heavy atom. The second-order valence-corrected chi connectivity index (χ2v) is 10.6. The van der Waals surface area contributed by atoms with Crippen molar-refractivity contribution in [3.8, 4) is 5.75 Å². The Kier molecular flexibility index (Phi) is 7.44. The fourth-order valence-corrected chi connectivity index (χ4v) is 5.79. The second kappa shape index (κ2) is 10.9. The average Bonchev–Trinajstić information content (AvgIpc) is 3.24. The van der Waals surface area contributed by atoms with Gasteiger partial charge in [0.25, 0.3) is 5.56 Å². The lowest BCUT2D eigenvalue weighted by Gasteiger charge is -2.26. The molecule has 0 aliphatic carbocycles. The summed E-state index contributed by atoms with van der Waals surface area (Å²) >= 11 is 4.87. The van der Waals surface area contributed by atoms with Gasteiger partial charge in [-0.25, -0.2) is 9.79 Å². The Bertz CT molecular complexity index is 1720. The number of hydrogen-bond acceptors (Lipinski definition) is 6. The number of ether oxygens (including phenoxy) is 2. The largest absolute Gasteiger partial charge is 0.497 e. The van der Waals surface area contributed by atoms with E-state index in [1.807, 2.05) is 85.8 Å². The number of thiazole rings is 1. The normalized spacial score (nSPS) is 15.2. The molecule has 0 saturated heterocycles. The van der Waals surface area contributed by atoms with Crippen molar-refractivity contribution in [2.24, 2.45) is 4.99 Å². The van der Waals surface area contributed by atoms with Crippen LogP contribution in [0.1, 0.15) is 35.2 Å². The molecular weight excluding hydrogens is 564 g/mol. The third-order valence-electron chi connectivity index (χ3n) is 6.30. The average molecular weight is 590 g/mol. The molecule has 1 aliphatic rings. The van der Waals surface area contributed by atoms with Gasteiger partial charge in [-0.15, -0.1) is 0 Å². The number of carbonyl (C=O) groups excluding carboxylic acids is 1. The zero-order valence-electron chi connectivity index (χ0n) is 21.1. The molecule has 0 N–H and O–H groups in total. The molecule has 3 aromatic carbocycles. The molecule has 8 heteroatoms. The number of esters is 1. The predicted molar refractivity (Wildman–Crippen MR) is 153 cm³/mol. The van der Waals surface area contributed by atoms with Gasteiger partial charge in [-0.1, -0.05) is 81.9 Å². The third kappa shape index (κ3) is 4.89. The summed E-state index contributed by atoms with van der Waals surface area (Å²) in [4.78, 5) is 32.8. The van der Waals surface area contributed by atoms with Crippen LogP contribution in [-0.4, -0.2) is 24.3 Å². The van der Waals surface area contributed by atoms with Crippen LogP contribution in [-0.2, 0) is 9.53 Å². The van der Waals surface area contributed by atoms with E-state index in [9.17, 15) is 9.59 Å². The Hall–Kier alpha value is -3.75. The van der Waals surface area contributed by atoms with Crippen LogP contribution in [0.15, 0.2) is 92.6 Å². The SMILES string of the molecule is CCOC(=O)C1=C(c2ccccc2)N=c2s/c(=C\c3ccc(C)c(Br)c3)c(=O)n2[C@@H]1c1ccc(OC)cc1. The summed E-state index contributed by atoms with van der Waals surface area (Å²) in [7, 11) is 1.60. The molecule has 0 bridgehead atoms. The molecule has 192 valence electrons. The number of nitrogens with zero attached hydrogens (tertiary/aromatic N) is 2. The molecular formula is C30H25BrN2O4S. The Labute approximate surface area is 232 Å². The van der Waals surface area contributed by atoms with Crippen molar-refractivity contribution in [2.75, 3.05) is 13.7 Å². The number of aromatic nitrogens is 1. The molecule has 5 rings (SSSR count). The number of halogens is 1. The van der Waals surface area contributed by atoms with Gasteiger partial charge in [0, 0.05) is 10.0 Å². The predicted octanol–water partition coefficient (Wildman–Crippen LogP) is 5.02. The van der Waals surface area contributed by atoms with Crippen molar-refractivity contribution >= 4 is 45.0 Å². The highest BCUT2D eigenvalue weighted by molar-refractivity contribution is 9.10. The van der Waals surface area contributed by atoms with Crippen LogP contribution in [0, 0.1) is 6.92 Å². The Balaban J connectivity index is 1.81. The minimum atomic E-state index is -0.724. The summed E-state index contributed by atoms with van der Waals surface area (Å²) in [6.45, 7) is 3.98. The number of benzene rings is 3. The molecule has 0 unspecified atom stereocenters. The highest BCUT2D eigenvalue weighted by Gasteiger charge is 2.35. The van der Waals surface area contributed by atoms with Crippen molar-refractivity contribution in [3.05, 3.63) is 125 Å². The van der Waals surface area contributed by atoms with Crippen LogP contribution >= 0.6 is 27.3 Å². The number of aryl methyl sites for hydroxylation is 1. The van der Waals surface area contributed by atoms with Gasteiger partial charge in [0.05, 0.1) is 35.6 Å². The van der Waals surface area contributed by atoms with Gasteiger partial charge in [-0.3, -0.25) is 9.36 Å². The van der Waals surface area contributed by atoms with Gasteiger partial charge in [0.15, 0.2) is 4.80 Å². The van der Waals surface area contributed by atoms with E-state index in [1.165, 1.54) is 11.3 Å². The molecule has 0 amide bonds. The van der Waals surface area contributed by atoms with Gasteiger partial charge in [0.2, 0.25) is 0 Å². The molecule has 1 aromatic heterocycles. The van der Waals surface area contributed by atoms with Crippen molar-refractivity contribution in [1.29, 1.82) is 0 Å². The van der Waals surface area contributed by atoms with Crippen molar-refractivity contribution in [3.63, 3.8) is 0 Å². The molecule has 0 saturated carbocycles. The first-order chi connectivity index (χ1) is 18.4. The van der Waals surface area contributed by atoms with E-state index in [1.54, 1.807) is 18.6 Å². The number of fused-ring (bicyclic) bond motifs is 1. The quantitative estimate of drug-likeness (QED) is 0.297. The fraction of sp³-hybridized carbons (Fsp3) is 0.167. The highest BCUT2D eigenvalue weighted by Crippen LogP contribution is 2.35. The number of rotatable bonds is 6. The third-order valence-corrected chi connectivity index (χ3v) is 8.14. The zero-order chi connectivity index (χ0) is 26.8. The van der Waals surface area contributed by atoms with E-state index >= 15 is 0 Å².